The molecule has 176 valence electrons. The number of carbonyl (C=O) groups is 1. The van der Waals surface area contributed by atoms with Gasteiger partial charge in [0.25, 0.3) is 0 Å². The molecule has 0 bridgehead atoms. The number of benzene rings is 3. The molecule has 1 N–H and O–H groups in total. The van der Waals surface area contributed by atoms with Gasteiger partial charge >= 0.3 is 6.03 Å². The third-order valence-electron chi connectivity index (χ3n) is 6.05. The van der Waals surface area contributed by atoms with Gasteiger partial charge < -0.3 is 19.5 Å². The molecule has 2 aliphatic heterocycles. The van der Waals surface area contributed by atoms with Gasteiger partial charge in [-0.2, -0.15) is 0 Å². The van der Waals surface area contributed by atoms with Gasteiger partial charge in [-0.3, -0.25) is 4.90 Å². The summed E-state index contributed by atoms with van der Waals surface area (Å²) in [4.78, 5) is 14.6. The Hall–Kier alpha value is -2.61. The van der Waals surface area contributed by atoms with E-state index in [0.717, 1.165) is 27.9 Å². The Morgan fingerprint density at radius 3 is 2.44 bits per heavy atom. The van der Waals surface area contributed by atoms with Crippen molar-refractivity contribution < 1.29 is 19.0 Å². The van der Waals surface area contributed by atoms with E-state index in [2.05, 4.69) is 5.32 Å². The molecule has 2 heterocycles. The second-order valence-corrected chi connectivity index (χ2v) is 8.95. The van der Waals surface area contributed by atoms with Gasteiger partial charge in [-0.25, -0.2) is 4.79 Å². The Morgan fingerprint density at radius 1 is 1.00 bits per heavy atom. The third-order valence-corrected chi connectivity index (χ3v) is 6.53. The largest absolute Gasteiger partial charge is 0.361 e. The zero-order valence-corrected chi connectivity index (χ0v) is 20.1. The van der Waals surface area contributed by atoms with E-state index in [1.807, 2.05) is 73.7 Å². The van der Waals surface area contributed by atoms with Gasteiger partial charge in [0.15, 0.2) is 0 Å². The molecule has 34 heavy (non-hydrogen) atoms. The molecule has 6 nitrogen and oxygen atoms in total. The van der Waals surface area contributed by atoms with E-state index >= 15 is 0 Å². The lowest BCUT2D eigenvalue weighted by Gasteiger charge is -2.37. The molecule has 0 saturated carbocycles. The molecule has 0 spiro atoms. The summed E-state index contributed by atoms with van der Waals surface area (Å²) in [6, 6.07) is 20.2. The quantitative estimate of drug-likeness (QED) is 0.462. The average Bonchev–Trinajstić information content (AvgIpc) is 3.34. The highest BCUT2D eigenvalue weighted by Gasteiger charge is 2.42. The van der Waals surface area contributed by atoms with Gasteiger partial charge in [-0.15, -0.1) is 0 Å². The van der Waals surface area contributed by atoms with Crippen LogP contribution in [0.15, 0.2) is 66.7 Å². The number of hydrogen-bond donors (Lipinski definition) is 1. The zero-order chi connectivity index (χ0) is 23.7. The van der Waals surface area contributed by atoms with Crippen LogP contribution in [0.4, 0.5) is 10.5 Å². The van der Waals surface area contributed by atoms with Gasteiger partial charge in [-0.1, -0.05) is 53.5 Å². The highest BCUT2D eigenvalue weighted by molar-refractivity contribution is 6.30. The molecule has 2 aliphatic rings. The standard InChI is InChI=1S/C26H24Cl2N2O4/c1-2-32-16-30-23-11-8-19(26(33-12-13-34-26)18-6-9-20(27)10-7-18)15-22(23)24(29-25(30)31)17-4-3-5-21(28)14-17/h3-11,14-15,24H,2,12-13,16H2,1H3,(H,29,31). The lowest BCUT2D eigenvalue weighted by atomic mass is 9.89. The Bertz CT molecular complexity index is 1200. The monoisotopic (exact) mass is 498 g/mol. The number of nitrogens with zero attached hydrogens (tertiary/aromatic N) is 1. The number of ether oxygens (including phenoxy) is 3. The van der Waals surface area contributed by atoms with Crippen molar-refractivity contribution >= 4 is 34.9 Å². The van der Waals surface area contributed by atoms with E-state index in [1.165, 1.54) is 0 Å². The van der Waals surface area contributed by atoms with Crippen molar-refractivity contribution in [1.29, 1.82) is 0 Å². The molecule has 0 aliphatic carbocycles. The Morgan fingerprint density at radius 2 is 1.74 bits per heavy atom. The molecular weight excluding hydrogens is 475 g/mol. The summed E-state index contributed by atoms with van der Waals surface area (Å²) in [5, 5.41) is 4.34. The van der Waals surface area contributed by atoms with Crippen LogP contribution < -0.4 is 10.2 Å². The Kier molecular flexibility index (Phi) is 6.51. The van der Waals surface area contributed by atoms with E-state index in [1.54, 1.807) is 4.90 Å². The lowest BCUT2D eigenvalue weighted by molar-refractivity contribution is -0.129. The Labute approximate surface area is 208 Å². The lowest BCUT2D eigenvalue weighted by Crippen LogP contribution is -2.48. The maximum Gasteiger partial charge on any atom is 0.324 e. The predicted molar refractivity (Wildman–Crippen MR) is 131 cm³/mol. The number of amides is 2. The second kappa shape index (κ2) is 9.56. The molecule has 1 saturated heterocycles. The summed E-state index contributed by atoms with van der Waals surface area (Å²) in [5.74, 6) is -1.06. The summed E-state index contributed by atoms with van der Waals surface area (Å²) in [5.41, 5.74) is 4.20. The first-order chi connectivity index (χ1) is 16.5. The average molecular weight is 499 g/mol. The molecule has 2 amide bonds. The summed E-state index contributed by atoms with van der Waals surface area (Å²) >= 11 is 12.4. The highest BCUT2D eigenvalue weighted by atomic mass is 35.5. The van der Waals surface area contributed by atoms with Gasteiger partial charge in [0.05, 0.1) is 24.9 Å². The van der Waals surface area contributed by atoms with Crippen molar-refractivity contribution in [2.75, 3.05) is 31.5 Å². The predicted octanol–water partition coefficient (Wildman–Crippen LogP) is 5.85. The van der Waals surface area contributed by atoms with Crippen LogP contribution in [0.2, 0.25) is 10.0 Å². The first kappa shape index (κ1) is 23.1. The number of halogens is 2. The fourth-order valence-corrected chi connectivity index (χ4v) is 4.79. The van der Waals surface area contributed by atoms with Crippen molar-refractivity contribution in [2.45, 2.75) is 18.8 Å². The molecule has 1 unspecified atom stereocenters. The van der Waals surface area contributed by atoms with E-state index in [9.17, 15) is 4.79 Å². The van der Waals surface area contributed by atoms with Crippen LogP contribution in [-0.4, -0.2) is 32.6 Å². The zero-order valence-electron chi connectivity index (χ0n) is 18.6. The van der Waals surface area contributed by atoms with Gasteiger partial charge in [0, 0.05) is 33.3 Å². The first-order valence-corrected chi connectivity index (χ1v) is 11.9. The van der Waals surface area contributed by atoms with Crippen molar-refractivity contribution in [3.8, 4) is 0 Å². The number of rotatable bonds is 6. The number of fused-ring (bicyclic) bond motifs is 1. The molecule has 0 aromatic heterocycles. The van der Waals surface area contributed by atoms with Gasteiger partial charge in [-0.05, 0) is 48.9 Å². The minimum absolute atomic E-state index is 0.145. The molecule has 1 fully saturated rings. The first-order valence-electron chi connectivity index (χ1n) is 11.1. The Balaban J connectivity index is 1.65. The number of urea groups is 1. The van der Waals surface area contributed by atoms with Crippen LogP contribution in [0.1, 0.15) is 35.2 Å². The number of anilines is 1. The maximum absolute atomic E-state index is 13.0. The van der Waals surface area contributed by atoms with Gasteiger partial charge in [0.2, 0.25) is 5.79 Å². The van der Waals surface area contributed by atoms with E-state index < -0.39 is 11.8 Å². The summed E-state index contributed by atoms with van der Waals surface area (Å²) in [6.07, 6.45) is 0. The van der Waals surface area contributed by atoms with Crippen molar-refractivity contribution in [3.05, 3.63) is 99.0 Å². The molecule has 5 rings (SSSR count). The molecule has 1 atom stereocenters. The van der Waals surface area contributed by atoms with Crippen LogP contribution in [0, 0.1) is 0 Å². The molecule has 0 radical (unpaired) electrons. The normalized spacial score (nSPS) is 19.1. The molecule has 3 aromatic carbocycles. The topological polar surface area (TPSA) is 60.0 Å². The van der Waals surface area contributed by atoms with E-state index in [-0.39, 0.29) is 12.8 Å². The molecular formula is C26H24Cl2N2O4. The van der Waals surface area contributed by atoms with Crippen LogP contribution in [-0.2, 0) is 20.0 Å². The van der Waals surface area contributed by atoms with Crippen LogP contribution in [0.25, 0.3) is 0 Å². The van der Waals surface area contributed by atoms with Crippen molar-refractivity contribution in [2.24, 2.45) is 0 Å². The summed E-state index contributed by atoms with van der Waals surface area (Å²) in [6.45, 7) is 3.46. The number of hydrogen-bond acceptors (Lipinski definition) is 4. The SMILES string of the molecule is CCOCN1C(=O)NC(c2cccc(Cl)c2)c2cc(C3(c4ccc(Cl)cc4)OCCO3)ccc21. The highest BCUT2D eigenvalue weighted by Crippen LogP contribution is 2.43. The van der Waals surface area contributed by atoms with Crippen molar-refractivity contribution in [1.82, 2.24) is 5.32 Å². The number of nitrogens with one attached hydrogen (secondary N) is 1. The van der Waals surface area contributed by atoms with Crippen LogP contribution >= 0.6 is 23.2 Å². The van der Waals surface area contributed by atoms with Crippen molar-refractivity contribution in [3.63, 3.8) is 0 Å². The van der Waals surface area contributed by atoms with Gasteiger partial charge in [0.1, 0.15) is 6.73 Å². The maximum atomic E-state index is 13.0. The van der Waals surface area contributed by atoms with Crippen LogP contribution in [0.3, 0.4) is 0 Å². The molecule has 3 aromatic rings. The fraction of sp³-hybridized carbons (Fsp3) is 0.269. The summed E-state index contributed by atoms with van der Waals surface area (Å²) in [7, 11) is 0. The fourth-order valence-electron chi connectivity index (χ4n) is 4.47. The minimum Gasteiger partial charge on any atom is -0.361 e. The third kappa shape index (κ3) is 4.17. The minimum atomic E-state index is -1.06. The molecule has 8 heteroatoms. The summed E-state index contributed by atoms with van der Waals surface area (Å²) < 4.78 is 18.0. The van der Waals surface area contributed by atoms with E-state index in [4.69, 9.17) is 37.4 Å². The van der Waals surface area contributed by atoms with E-state index in [0.29, 0.717) is 29.9 Å². The second-order valence-electron chi connectivity index (χ2n) is 8.08. The number of carbonyl (C=O) groups excluding carboxylic acids is 1. The van der Waals surface area contributed by atoms with Crippen LogP contribution in [0.5, 0.6) is 0 Å². The smallest absolute Gasteiger partial charge is 0.324 e.